The highest BCUT2D eigenvalue weighted by atomic mass is 79.9. The Kier molecular flexibility index (Phi) is 5.84. The number of hydrogen-bond acceptors (Lipinski definition) is 6. The van der Waals surface area contributed by atoms with Crippen LogP contribution in [0.3, 0.4) is 0 Å². The number of anilines is 2. The molecule has 1 amide bonds. The van der Waals surface area contributed by atoms with Crippen molar-refractivity contribution in [3.63, 3.8) is 0 Å². The number of hydrazone groups is 2. The zero-order chi connectivity index (χ0) is 26.3. The van der Waals surface area contributed by atoms with Crippen LogP contribution in [0.2, 0.25) is 0 Å². The Labute approximate surface area is 226 Å². The molecule has 2 aliphatic rings. The zero-order valence-corrected chi connectivity index (χ0v) is 21.5. The molecule has 8 nitrogen and oxygen atoms in total. The van der Waals surface area contributed by atoms with Gasteiger partial charge < -0.3 is 0 Å². The molecule has 4 aromatic carbocycles. The Morgan fingerprint density at radius 3 is 1.95 bits per heavy atom. The minimum Gasteiger partial charge on any atom is -0.269 e. The second-order valence-corrected chi connectivity index (χ2v) is 9.67. The van der Waals surface area contributed by atoms with Crippen molar-refractivity contribution in [3.05, 3.63) is 137 Å². The van der Waals surface area contributed by atoms with Gasteiger partial charge in [0.25, 0.3) is 11.6 Å². The first-order chi connectivity index (χ1) is 18.5. The smallest absolute Gasteiger partial charge is 0.269 e. The average molecular weight is 566 g/mol. The van der Waals surface area contributed by atoms with Gasteiger partial charge in [0.15, 0.2) is 0 Å². The standard InChI is InChI=1S/C29H20BrN5O3/c30-27-25(23-18-10-11-19-24(23)35(37)38)29(34(32-27)22-16-8-3-9-17-22)26(20-12-4-1-5-13-20)31-33(28(29)36)21-14-6-2-7-15-21/h1-19,25H. The summed E-state index contributed by atoms with van der Waals surface area (Å²) >= 11 is 3.61. The second kappa shape index (κ2) is 9.35. The molecule has 9 heteroatoms. The summed E-state index contributed by atoms with van der Waals surface area (Å²) in [6.45, 7) is 0. The number of nitrogens with zero attached hydrogens (tertiary/aromatic N) is 5. The summed E-state index contributed by atoms with van der Waals surface area (Å²) in [5.74, 6) is -1.22. The van der Waals surface area contributed by atoms with Crippen molar-refractivity contribution in [1.82, 2.24) is 0 Å². The van der Waals surface area contributed by atoms with Gasteiger partial charge in [-0.1, -0.05) is 84.9 Å². The molecule has 2 heterocycles. The molecule has 0 saturated heterocycles. The van der Waals surface area contributed by atoms with Crippen LogP contribution in [0.25, 0.3) is 0 Å². The minimum absolute atomic E-state index is 0.0997. The number of para-hydroxylation sites is 3. The Bertz CT molecular complexity index is 1590. The van der Waals surface area contributed by atoms with E-state index in [-0.39, 0.29) is 11.6 Å². The molecule has 6 rings (SSSR count). The van der Waals surface area contributed by atoms with Gasteiger partial charge in [-0.05, 0) is 40.2 Å². The van der Waals surface area contributed by atoms with Crippen molar-refractivity contribution in [3.8, 4) is 0 Å². The first kappa shape index (κ1) is 23.7. The maximum atomic E-state index is 14.8. The summed E-state index contributed by atoms with van der Waals surface area (Å²) in [4.78, 5) is 26.6. The number of carbonyl (C=O) groups is 1. The number of nitro benzene ring substituents is 1. The third-order valence-electron chi connectivity index (χ3n) is 6.76. The summed E-state index contributed by atoms with van der Waals surface area (Å²) in [7, 11) is 0. The van der Waals surface area contributed by atoms with Crippen molar-refractivity contribution < 1.29 is 9.72 Å². The van der Waals surface area contributed by atoms with E-state index in [9.17, 15) is 14.9 Å². The van der Waals surface area contributed by atoms with Crippen molar-refractivity contribution in [1.29, 1.82) is 0 Å². The lowest BCUT2D eigenvalue weighted by molar-refractivity contribution is -0.385. The van der Waals surface area contributed by atoms with Gasteiger partial charge in [-0.25, -0.2) is 5.01 Å². The van der Waals surface area contributed by atoms with Gasteiger partial charge in [0.1, 0.15) is 10.3 Å². The first-order valence-corrected chi connectivity index (χ1v) is 12.7. The molecule has 2 atom stereocenters. The van der Waals surface area contributed by atoms with E-state index >= 15 is 0 Å². The summed E-state index contributed by atoms with van der Waals surface area (Å²) in [5.41, 5.74) is 1.09. The van der Waals surface area contributed by atoms with Crippen LogP contribution in [0.4, 0.5) is 17.1 Å². The van der Waals surface area contributed by atoms with Crippen molar-refractivity contribution in [2.24, 2.45) is 10.2 Å². The molecule has 0 aromatic heterocycles. The molecule has 0 saturated carbocycles. The van der Waals surface area contributed by atoms with Crippen LogP contribution in [0.1, 0.15) is 17.0 Å². The fraction of sp³-hybridized carbons (Fsp3) is 0.0690. The molecule has 2 unspecified atom stereocenters. The molecule has 2 aliphatic heterocycles. The Balaban J connectivity index is 1.68. The second-order valence-electron chi connectivity index (χ2n) is 8.85. The highest BCUT2D eigenvalue weighted by Gasteiger charge is 2.66. The van der Waals surface area contributed by atoms with Gasteiger partial charge in [-0.2, -0.15) is 15.2 Å². The number of benzene rings is 4. The molecule has 0 radical (unpaired) electrons. The molecule has 0 N–H and O–H groups in total. The Morgan fingerprint density at radius 1 is 0.763 bits per heavy atom. The molecule has 4 aromatic rings. The van der Waals surface area contributed by atoms with Gasteiger partial charge in [0, 0.05) is 17.2 Å². The van der Waals surface area contributed by atoms with Crippen LogP contribution in [0, 0.1) is 10.1 Å². The number of amides is 1. The number of hydrogen-bond donors (Lipinski definition) is 0. The number of rotatable bonds is 5. The highest BCUT2D eigenvalue weighted by Crippen LogP contribution is 2.52. The van der Waals surface area contributed by atoms with E-state index in [0.29, 0.717) is 32.8 Å². The van der Waals surface area contributed by atoms with E-state index in [0.717, 1.165) is 0 Å². The zero-order valence-electron chi connectivity index (χ0n) is 19.9. The summed E-state index contributed by atoms with van der Waals surface area (Å²) in [6, 6.07) is 34.3. The number of carbonyl (C=O) groups excluding carboxylic acids is 1. The topological polar surface area (TPSA) is 91.4 Å². The lowest BCUT2D eigenvalue weighted by Crippen LogP contribution is -2.60. The Hall–Kier alpha value is -4.63. The largest absolute Gasteiger partial charge is 0.282 e. The van der Waals surface area contributed by atoms with Crippen LogP contribution >= 0.6 is 15.9 Å². The van der Waals surface area contributed by atoms with Gasteiger partial charge >= 0.3 is 0 Å². The van der Waals surface area contributed by atoms with E-state index in [2.05, 4.69) is 15.9 Å². The molecule has 0 aliphatic carbocycles. The van der Waals surface area contributed by atoms with E-state index in [1.807, 2.05) is 78.9 Å². The van der Waals surface area contributed by atoms with Gasteiger partial charge in [-0.3, -0.25) is 14.9 Å². The van der Waals surface area contributed by atoms with Crippen molar-refractivity contribution in [2.75, 3.05) is 10.0 Å². The predicted molar refractivity (Wildman–Crippen MR) is 151 cm³/mol. The van der Waals surface area contributed by atoms with Gasteiger partial charge in [-0.15, -0.1) is 0 Å². The molecule has 1 spiro atoms. The lowest BCUT2D eigenvalue weighted by atomic mass is 9.73. The summed E-state index contributed by atoms with van der Waals surface area (Å²) in [6.07, 6.45) is 0. The molecular formula is C29H20BrN5O3. The SMILES string of the molecule is O=C1N(c2ccccc2)N=C(c2ccccc2)C12C(c1ccccc1[N+](=O)[O-])C(Br)=NN2c1ccccc1. The average Bonchev–Trinajstić information content (AvgIpc) is 3.44. The first-order valence-electron chi connectivity index (χ1n) is 11.9. The van der Waals surface area contributed by atoms with Crippen LogP contribution in [-0.4, -0.2) is 26.7 Å². The maximum Gasteiger partial charge on any atom is 0.282 e. The summed E-state index contributed by atoms with van der Waals surface area (Å²) < 4.78 is 0.391. The van der Waals surface area contributed by atoms with Crippen molar-refractivity contribution >= 4 is 49.2 Å². The van der Waals surface area contributed by atoms with Crippen LogP contribution in [0.5, 0.6) is 0 Å². The van der Waals surface area contributed by atoms with Gasteiger partial charge in [0.2, 0.25) is 5.54 Å². The van der Waals surface area contributed by atoms with E-state index < -0.39 is 16.4 Å². The number of halogens is 1. The lowest BCUT2D eigenvalue weighted by Gasteiger charge is -2.37. The molecule has 0 bridgehead atoms. The minimum atomic E-state index is -1.55. The van der Waals surface area contributed by atoms with Crippen LogP contribution in [0.15, 0.2) is 125 Å². The van der Waals surface area contributed by atoms with E-state index in [4.69, 9.17) is 10.2 Å². The highest BCUT2D eigenvalue weighted by molar-refractivity contribution is 9.18. The van der Waals surface area contributed by atoms with E-state index in [1.54, 1.807) is 35.3 Å². The van der Waals surface area contributed by atoms with E-state index in [1.165, 1.54) is 11.1 Å². The monoisotopic (exact) mass is 565 g/mol. The molecule has 0 fully saturated rings. The normalized spacial score (nSPS) is 20.6. The van der Waals surface area contributed by atoms with Crippen LogP contribution < -0.4 is 10.0 Å². The Morgan fingerprint density at radius 2 is 1.32 bits per heavy atom. The fourth-order valence-corrected chi connectivity index (χ4v) is 5.90. The van der Waals surface area contributed by atoms with Crippen molar-refractivity contribution in [2.45, 2.75) is 11.5 Å². The third kappa shape index (κ3) is 3.54. The molecule has 186 valence electrons. The van der Waals surface area contributed by atoms with Gasteiger partial charge in [0.05, 0.1) is 22.2 Å². The quantitative estimate of drug-likeness (QED) is 0.216. The maximum absolute atomic E-state index is 14.8. The predicted octanol–water partition coefficient (Wildman–Crippen LogP) is 6.10. The third-order valence-corrected chi connectivity index (χ3v) is 7.37. The summed E-state index contributed by atoms with van der Waals surface area (Å²) in [5, 5.41) is 24.9. The van der Waals surface area contributed by atoms with Crippen LogP contribution in [-0.2, 0) is 4.79 Å². The number of nitro groups is 1. The fourth-order valence-electron chi connectivity index (χ4n) is 5.16. The molecular weight excluding hydrogens is 546 g/mol. The molecule has 38 heavy (non-hydrogen) atoms.